The van der Waals surface area contributed by atoms with E-state index in [0.717, 1.165) is 11.5 Å². The number of ether oxygens (including phenoxy) is 1. The molecule has 2 N–H and O–H groups in total. The van der Waals surface area contributed by atoms with Gasteiger partial charge in [0.2, 0.25) is 0 Å². The Morgan fingerprint density at radius 3 is 2.62 bits per heavy atom. The van der Waals surface area contributed by atoms with Crippen molar-refractivity contribution in [1.29, 1.82) is 0 Å². The lowest BCUT2D eigenvalue weighted by atomic mass is 10.00. The summed E-state index contributed by atoms with van der Waals surface area (Å²) in [4.78, 5) is 8.11. The van der Waals surface area contributed by atoms with Crippen molar-refractivity contribution in [3.63, 3.8) is 0 Å². The quantitative estimate of drug-likeness (QED) is 0.794. The van der Waals surface area contributed by atoms with Gasteiger partial charge in [-0.3, -0.25) is 9.97 Å². The van der Waals surface area contributed by atoms with Gasteiger partial charge in [0.1, 0.15) is 11.3 Å². The Morgan fingerprint density at radius 1 is 1.12 bits per heavy atom. The van der Waals surface area contributed by atoms with Crippen LogP contribution in [0.1, 0.15) is 22.9 Å². The summed E-state index contributed by atoms with van der Waals surface area (Å²) in [5.41, 5.74) is 6.03. The van der Waals surface area contributed by atoms with Gasteiger partial charge in [-0.1, -0.05) is 12.1 Å². The molecular formula is C17H14F3N3O. The third kappa shape index (κ3) is 2.90. The Morgan fingerprint density at radius 2 is 1.92 bits per heavy atom. The smallest absolute Gasteiger partial charge is 0.418 e. The number of nitrogens with zero attached hydrogens (tertiary/aromatic N) is 2. The number of nitrogens with two attached hydrogens (primary N) is 1. The highest BCUT2D eigenvalue weighted by molar-refractivity contribution is 5.84. The maximum absolute atomic E-state index is 13.1. The minimum absolute atomic E-state index is 0.228. The van der Waals surface area contributed by atoms with Crippen LogP contribution in [0.3, 0.4) is 0 Å². The van der Waals surface area contributed by atoms with Crippen LogP contribution < -0.4 is 10.5 Å². The largest absolute Gasteiger partial charge is 0.494 e. The van der Waals surface area contributed by atoms with Crippen LogP contribution in [0.2, 0.25) is 0 Å². The zero-order valence-electron chi connectivity index (χ0n) is 12.7. The third-order valence-corrected chi connectivity index (χ3v) is 3.71. The molecule has 1 atom stereocenters. The molecule has 124 valence electrons. The predicted molar refractivity (Wildman–Crippen MR) is 83.6 cm³/mol. The molecule has 0 aliphatic rings. The van der Waals surface area contributed by atoms with Gasteiger partial charge in [-0.05, 0) is 29.8 Å². The van der Waals surface area contributed by atoms with Gasteiger partial charge in [-0.25, -0.2) is 0 Å². The van der Waals surface area contributed by atoms with Crippen molar-refractivity contribution in [2.75, 3.05) is 7.11 Å². The summed E-state index contributed by atoms with van der Waals surface area (Å²) in [6.07, 6.45) is -1.78. The molecule has 0 aliphatic heterocycles. The number of alkyl halides is 3. The summed E-state index contributed by atoms with van der Waals surface area (Å²) in [6, 6.07) is 8.21. The van der Waals surface area contributed by atoms with Crippen molar-refractivity contribution < 1.29 is 17.9 Å². The number of para-hydroxylation sites is 1. The van der Waals surface area contributed by atoms with Gasteiger partial charge in [-0.15, -0.1) is 0 Å². The first-order valence-corrected chi connectivity index (χ1v) is 7.12. The topological polar surface area (TPSA) is 61.0 Å². The summed E-state index contributed by atoms with van der Waals surface area (Å²) >= 11 is 0. The standard InChI is InChI=1S/C17H14F3N3O/c1-24-13-6-2-4-10-8-11(9-23-15(10)13)14(21)16-12(17(18,19)20)5-3-7-22-16/h2-9,14H,21H2,1H3. The van der Waals surface area contributed by atoms with Crippen LogP contribution in [0.15, 0.2) is 48.8 Å². The molecular weight excluding hydrogens is 319 g/mol. The fraction of sp³-hybridized carbons (Fsp3) is 0.176. The fourth-order valence-corrected chi connectivity index (χ4v) is 2.55. The highest BCUT2D eigenvalue weighted by Crippen LogP contribution is 2.35. The van der Waals surface area contributed by atoms with E-state index >= 15 is 0 Å². The third-order valence-electron chi connectivity index (χ3n) is 3.71. The highest BCUT2D eigenvalue weighted by Gasteiger charge is 2.35. The van der Waals surface area contributed by atoms with Crippen molar-refractivity contribution >= 4 is 10.9 Å². The first-order valence-electron chi connectivity index (χ1n) is 7.12. The first-order chi connectivity index (χ1) is 11.4. The molecule has 0 saturated heterocycles. The molecule has 24 heavy (non-hydrogen) atoms. The molecule has 2 aromatic heterocycles. The summed E-state index contributed by atoms with van der Waals surface area (Å²) in [6.45, 7) is 0. The molecule has 1 unspecified atom stereocenters. The Hall–Kier alpha value is -2.67. The molecule has 7 heteroatoms. The van der Waals surface area contributed by atoms with Gasteiger partial charge in [-0.2, -0.15) is 13.2 Å². The molecule has 0 fully saturated rings. The van der Waals surface area contributed by atoms with Crippen LogP contribution >= 0.6 is 0 Å². The van der Waals surface area contributed by atoms with Crippen molar-refractivity contribution in [2.45, 2.75) is 12.2 Å². The number of rotatable bonds is 3. The van der Waals surface area contributed by atoms with Crippen LogP contribution in [0.5, 0.6) is 5.75 Å². The molecule has 1 aromatic carbocycles. The van der Waals surface area contributed by atoms with E-state index in [2.05, 4.69) is 9.97 Å². The Labute approximate surface area is 136 Å². The predicted octanol–water partition coefficient (Wildman–Crippen LogP) is 3.71. The lowest BCUT2D eigenvalue weighted by Gasteiger charge is -2.17. The first kappa shape index (κ1) is 16.2. The average molecular weight is 333 g/mol. The number of benzene rings is 1. The van der Waals surface area contributed by atoms with E-state index in [1.54, 1.807) is 24.3 Å². The zero-order valence-corrected chi connectivity index (χ0v) is 12.7. The normalized spacial score (nSPS) is 13.0. The summed E-state index contributed by atoms with van der Waals surface area (Å²) in [7, 11) is 1.53. The fourth-order valence-electron chi connectivity index (χ4n) is 2.55. The molecule has 0 aliphatic carbocycles. The van der Waals surface area contributed by atoms with Crippen LogP contribution in [-0.4, -0.2) is 17.1 Å². The number of pyridine rings is 2. The van der Waals surface area contributed by atoms with Gasteiger partial charge in [0, 0.05) is 17.8 Å². The van der Waals surface area contributed by atoms with Gasteiger partial charge >= 0.3 is 6.18 Å². The van der Waals surface area contributed by atoms with Crippen LogP contribution in [-0.2, 0) is 6.18 Å². The van der Waals surface area contributed by atoms with E-state index in [1.165, 1.54) is 25.6 Å². The van der Waals surface area contributed by atoms with E-state index < -0.39 is 17.8 Å². The average Bonchev–Trinajstić information content (AvgIpc) is 2.59. The monoisotopic (exact) mass is 333 g/mol. The minimum atomic E-state index is -4.52. The lowest BCUT2D eigenvalue weighted by Crippen LogP contribution is -2.20. The second-order valence-corrected chi connectivity index (χ2v) is 5.21. The Balaban J connectivity index is 2.08. The van der Waals surface area contributed by atoms with Crippen molar-refractivity contribution in [3.8, 4) is 5.75 Å². The van der Waals surface area contributed by atoms with Gasteiger partial charge in [0.25, 0.3) is 0 Å². The van der Waals surface area contributed by atoms with Gasteiger partial charge < -0.3 is 10.5 Å². The van der Waals surface area contributed by atoms with E-state index in [1.807, 2.05) is 0 Å². The second kappa shape index (κ2) is 6.09. The summed E-state index contributed by atoms with van der Waals surface area (Å²) in [5, 5.41) is 0.729. The summed E-state index contributed by atoms with van der Waals surface area (Å²) < 4.78 is 44.7. The van der Waals surface area contributed by atoms with Gasteiger partial charge in [0.15, 0.2) is 0 Å². The molecule has 0 radical (unpaired) electrons. The maximum atomic E-state index is 13.1. The van der Waals surface area contributed by atoms with Crippen molar-refractivity contribution in [1.82, 2.24) is 9.97 Å². The van der Waals surface area contributed by atoms with Crippen LogP contribution in [0.4, 0.5) is 13.2 Å². The van der Waals surface area contributed by atoms with E-state index in [4.69, 9.17) is 10.5 Å². The SMILES string of the molecule is COc1cccc2cc(C(N)c3ncccc3C(F)(F)F)cnc12. The maximum Gasteiger partial charge on any atom is 0.418 e. The van der Waals surface area contributed by atoms with E-state index in [0.29, 0.717) is 16.8 Å². The molecule has 4 nitrogen and oxygen atoms in total. The molecule has 0 bridgehead atoms. The van der Waals surface area contributed by atoms with E-state index in [-0.39, 0.29) is 5.69 Å². The van der Waals surface area contributed by atoms with Crippen LogP contribution in [0.25, 0.3) is 10.9 Å². The number of hydrogen-bond acceptors (Lipinski definition) is 4. The molecule has 0 saturated carbocycles. The number of halogens is 3. The number of hydrogen-bond donors (Lipinski definition) is 1. The minimum Gasteiger partial charge on any atom is -0.494 e. The van der Waals surface area contributed by atoms with Gasteiger partial charge in [0.05, 0.1) is 24.4 Å². The Bertz CT molecular complexity index is 880. The second-order valence-electron chi connectivity index (χ2n) is 5.21. The number of aromatic nitrogens is 2. The summed E-state index contributed by atoms with van der Waals surface area (Å²) in [5.74, 6) is 0.585. The lowest BCUT2D eigenvalue weighted by molar-refractivity contribution is -0.138. The molecule has 2 heterocycles. The Kier molecular flexibility index (Phi) is 4.11. The highest BCUT2D eigenvalue weighted by atomic mass is 19.4. The molecule has 3 rings (SSSR count). The molecule has 0 amide bonds. The van der Waals surface area contributed by atoms with Crippen molar-refractivity contribution in [3.05, 3.63) is 65.6 Å². The molecule has 3 aromatic rings. The molecule has 0 spiro atoms. The zero-order chi connectivity index (χ0) is 17.3. The number of methoxy groups -OCH3 is 1. The van der Waals surface area contributed by atoms with E-state index in [9.17, 15) is 13.2 Å². The number of fused-ring (bicyclic) bond motifs is 1. The van der Waals surface area contributed by atoms with Crippen LogP contribution in [0, 0.1) is 0 Å². The van der Waals surface area contributed by atoms with Crippen molar-refractivity contribution in [2.24, 2.45) is 5.73 Å².